The maximum atomic E-state index is 13.2. The summed E-state index contributed by atoms with van der Waals surface area (Å²) in [5.41, 5.74) is 0.882. The lowest BCUT2D eigenvalue weighted by molar-refractivity contribution is 0.0317. The first-order valence-corrected chi connectivity index (χ1v) is 9.01. The first-order chi connectivity index (χ1) is 11.3. The quantitative estimate of drug-likeness (QED) is 0.885. The molecule has 0 spiro atoms. The summed E-state index contributed by atoms with van der Waals surface area (Å²) in [4.78, 5) is -0.500. The first-order valence-electron chi connectivity index (χ1n) is 7.52. The molecule has 1 atom stereocenters. The zero-order chi connectivity index (χ0) is 17.4. The fraction of sp³-hybridized carbons (Fsp3) is 0.294. The Morgan fingerprint density at radius 1 is 1.08 bits per heavy atom. The smallest absolute Gasteiger partial charge is 0.240 e. The molecule has 2 aromatic carbocycles. The van der Waals surface area contributed by atoms with E-state index in [0.717, 1.165) is 23.3 Å². The topological polar surface area (TPSA) is 66.4 Å². The molecule has 7 heteroatoms. The molecule has 1 aliphatic carbocycles. The molecule has 128 valence electrons. The van der Waals surface area contributed by atoms with E-state index in [-0.39, 0.29) is 6.54 Å². The van der Waals surface area contributed by atoms with Gasteiger partial charge in [0, 0.05) is 19.0 Å². The van der Waals surface area contributed by atoms with Crippen LogP contribution in [0.25, 0.3) is 0 Å². The minimum Gasteiger partial charge on any atom is -0.388 e. The monoisotopic (exact) mass is 353 g/mol. The molecule has 0 saturated carbocycles. The third kappa shape index (κ3) is 3.63. The van der Waals surface area contributed by atoms with Crippen LogP contribution in [-0.2, 0) is 22.9 Å². The third-order valence-electron chi connectivity index (χ3n) is 4.24. The normalized spacial score (nSPS) is 20.6. The highest BCUT2D eigenvalue weighted by atomic mass is 32.2. The number of aryl methyl sites for hydroxylation is 1. The van der Waals surface area contributed by atoms with Crippen LogP contribution in [0.15, 0.2) is 47.4 Å². The molecule has 24 heavy (non-hydrogen) atoms. The van der Waals surface area contributed by atoms with Crippen LogP contribution in [0.5, 0.6) is 0 Å². The molecule has 0 heterocycles. The molecule has 2 aromatic rings. The van der Waals surface area contributed by atoms with Crippen molar-refractivity contribution in [1.82, 2.24) is 4.72 Å². The molecule has 0 amide bonds. The molecule has 0 saturated heterocycles. The fourth-order valence-electron chi connectivity index (χ4n) is 2.93. The summed E-state index contributed by atoms with van der Waals surface area (Å²) in [5.74, 6) is -1.94. The van der Waals surface area contributed by atoms with Gasteiger partial charge in [-0.05, 0) is 36.1 Å². The van der Waals surface area contributed by atoms with E-state index >= 15 is 0 Å². The Morgan fingerprint density at radius 2 is 1.71 bits per heavy atom. The van der Waals surface area contributed by atoms with Gasteiger partial charge in [0.2, 0.25) is 10.0 Å². The molecule has 1 aliphatic rings. The van der Waals surface area contributed by atoms with Crippen molar-refractivity contribution in [3.8, 4) is 0 Å². The summed E-state index contributed by atoms with van der Waals surface area (Å²) < 4.78 is 53.1. The van der Waals surface area contributed by atoms with Crippen LogP contribution < -0.4 is 4.72 Å². The maximum Gasteiger partial charge on any atom is 0.240 e. The van der Waals surface area contributed by atoms with Crippen LogP contribution in [-0.4, -0.2) is 25.7 Å². The van der Waals surface area contributed by atoms with Gasteiger partial charge in [0.25, 0.3) is 0 Å². The van der Waals surface area contributed by atoms with Crippen molar-refractivity contribution in [3.63, 3.8) is 0 Å². The Labute approximate surface area is 139 Å². The predicted octanol–water partition coefficient (Wildman–Crippen LogP) is 2.16. The molecule has 0 aliphatic heterocycles. The van der Waals surface area contributed by atoms with Gasteiger partial charge >= 0.3 is 0 Å². The third-order valence-corrected chi connectivity index (χ3v) is 5.62. The number of hydrogen-bond donors (Lipinski definition) is 2. The Balaban J connectivity index is 1.75. The van der Waals surface area contributed by atoms with E-state index in [9.17, 15) is 22.3 Å². The van der Waals surface area contributed by atoms with E-state index in [1.54, 1.807) is 0 Å². The van der Waals surface area contributed by atoms with Gasteiger partial charge in [-0.15, -0.1) is 0 Å². The average Bonchev–Trinajstić information content (AvgIpc) is 2.52. The number of hydrogen-bond acceptors (Lipinski definition) is 3. The number of benzene rings is 2. The lowest BCUT2D eigenvalue weighted by Crippen LogP contribution is -2.46. The van der Waals surface area contributed by atoms with E-state index < -0.39 is 32.2 Å². The van der Waals surface area contributed by atoms with Gasteiger partial charge in [0.05, 0.1) is 10.5 Å². The second-order valence-corrected chi connectivity index (χ2v) is 7.87. The summed E-state index contributed by atoms with van der Waals surface area (Å²) in [6.45, 7) is -0.220. The summed E-state index contributed by atoms with van der Waals surface area (Å²) >= 11 is 0. The molecule has 0 bridgehead atoms. The molecular weight excluding hydrogens is 336 g/mol. The van der Waals surface area contributed by atoms with Gasteiger partial charge in [-0.25, -0.2) is 21.9 Å². The number of aliphatic hydroxyl groups is 1. The van der Waals surface area contributed by atoms with Gasteiger partial charge < -0.3 is 5.11 Å². The van der Waals surface area contributed by atoms with Gasteiger partial charge in [0.1, 0.15) is 11.6 Å². The highest BCUT2D eigenvalue weighted by molar-refractivity contribution is 7.89. The minimum absolute atomic E-state index is 0.220. The summed E-state index contributed by atoms with van der Waals surface area (Å²) in [6, 6.07) is 9.75. The number of nitrogens with one attached hydrogen (secondary N) is 1. The number of fused-ring (bicyclic) bond motifs is 1. The summed E-state index contributed by atoms with van der Waals surface area (Å²) in [6.07, 6.45) is 1.37. The average molecular weight is 353 g/mol. The molecule has 0 aromatic heterocycles. The van der Waals surface area contributed by atoms with Crippen molar-refractivity contribution in [3.05, 3.63) is 65.2 Å². The van der Waals surface area contributed by atoms with Crippen LogP contribution >= 0.6 is 0 Å². The van der Waals surface area contributed by atoms with E-state index in [4.69, 9.17) is 0 Å². The van der Waals surface area contributed by atoms with Crippen molar-refractivity contribution in [2.45, 2.75) is 29.8 Å². The molecule has 0 radical (unpaired) electrons. The molecule has 3 rings (SSSR count). The van der Waals surface area contributed by atoms with E-state index in [1.165, 1.54) is 0 Å². The first kappa shape index (κ1) is 17.0. The van der Waals surface area contributed by atoms with E-state index in [0.29, 0.717) is 25.3 Å². The Kier molecular flexibility index (Phi) is 4.42. The van der Waals surface area contributed by atoms with Crippen LogP contribution in [0.3, 0.4) is 0 Å². The van der Waals surface area contributed by atoms with Gasteiger partial charge in [-0.3, -0.25) is 0 Å². The van der Waals surface area contributed by atoms with Crippen LogP contribution in [0.2, 0.25) is 0 Å². The fourth-order valence-corrected chi connectivity index (χ4v) is 4.09. The van der Waals surface area contributed by atoms with Crippen molar-refractivity contribution in [2.75, 3.05) is 6.54 Å². The second-order valence-electron chi connectivity index (χ2n) is 6.10. The van der Waals surface area contributed by atoms with Crippen LogP contribution in [0.4, 0.5) is 8.78 Å². The van der Waals surface area contributed by atoms with E-state index in [1.807, 2.05) is 24.3 Å². The molecule has 4 nitrogen and oxygen atoms in total. The highest BCUT2D eigenvalue weighted by Gasteiger charge is 2.33. The van der Waals surface area contributed by atoms with E-state index in [2.05, 4.69) is 4.72 Å². The second kappa shape index (κ2) is 6.23. The number of halogens is 2. The molecule has 1 unspecified atom stereocenters. The van der Waals surface area contributed by atoms with Crippen LogP contribution in [0, 0.1) is 11.6 Å². The van der Waals surface area contributed by atoms with Crippen molar-refractivity contribution in [2.24, 2.45) is 0 Å². The predicted molar refractivity (Wildman–Crippen MR) is 85.0 cm³/mol. The Hall–Kier alpha value is -1.83. The van der Waals surface area contributed by atoms with Crippen molar-refractivity contribution in [1.29, 1.82) is 0 Å². The lowest BCUT2D eigenvalue weighted by Gasteiger charge is -2.33. The Bertz CT molecular complexity index is 850. The van der Waals surface area contributed by atoms with Gasteiger partial charge in [-0.2, -0.15) is 0 Å². The SMILES string of the molecule is O=S(=O)(NCC1(O)CCc2ccccc2C1)c1cc(F)cc(F)c1. The Morgan fingerprint density at radius 3 is 2.38 bits per heavy atom. The largest absolute Gasteiger partial charge is 0.388 e. The number of rotatable bonds is 4. The lowest BCUT2D eigenvalue weighted by atomic mass is 9.80. The standard InChI is InChI=1S/C17H17F2NO3S/c18-14-7-15(19)9-16(8-14)24(22,23)20-11-17(21)6-5-12-3-1-2-4-13(12)10-17/h1-4,7-9,20-21H,5-6,10-11H2. The zero-order valence-corrected chi connectivity index (χ0v) is 13.6. The molecule has 2 N–H and O–H groups in total. The van der Waals surface area contributed by atoms with Gasteiger partial charge in [0.15, 0.2) is 0 Å². The highest BCUT2D eigenvalue weighted by Crippen LogP contribution is 2.28. The summed E-state index contributed by atoms with van der Waals surface area (Å²) in [5, 5.41) is 10.7. The molecule has 0 fully saturated rings. The number of sulfonamides is 1. The van der Waals surface area contributed by atoms with Crippen molar-refractivity contribution >= 4 is 10.0 Å². The van der Waals surface area contributed by atoms with Crippen LogP contribution in [0.1, 0.15) is 17.5 Å². The summed E-state index contributed by atoms with van der Waals surface area (Å²) in [7, 11) is -4.11. The minimum atomic E-state index is -4.11. The van der Waals surface area contributed by atoms with Gasteiger partial charge in [-0.1, -0.05) is 24.3 Å². The van der Waals surface area contributed by atoms with Crippen molar-refractivity contribution < 1.29 is 22.3 Å². The zero-order valence-electron chi connectivity index (χ0n) is 12.8. The molecular formula is C17H17F2NO3S. The maximum absolute atomic E-state index is 13.2.